The topological polar surface area (TPSA) is 84.3 Å². The van der Waals surface area contributed by atoms with Gasteiger partial charge in [-0.05, 0) is 48.7 Å². The number of hydrogen-bond donors (Lipinski definition) is 4. The molecule has 0 heterocycles. The fourth-order valence-corrected chi connectivity index (χ4v) is 1.97. The van der Waals surface area contributed by atoms with Crippen LogP contribution in [0.5, 0.6) is 5.75 Å². The van der Waals surface area contributed by atoms with Gasteiger partial charge in [0.15, 0.2) is 0 Å². The van der Waals surface area contributed by atoms with E-state index < -0.39 is 0 Å². The number of nitrogens with one attached hydrogen (secondary N) is 1. The minimum Gasteiger partial charge on any atom is -0.508 e. The first-order valence-corrected chi connectivity index (χ1v) is 6.78. The van der Waals surface area contributed by atoms with E-state index in [1.807, 2.05) is 43.3 Å². The van der Waals surface area contributed by atoms with Crippen LogP contribution < -0.4 is 16.8 Å². The number of nitrogens with two attached hydrogens (primary N) is 2. The van der Waals surface area contributed by atoms with E-state index in [0.29, 0.717) is 6.42 Å². The SMILES string of the molecule is CCC(N)Cc1ccc(Nc2ccc(N)cc2)cc1O. The van der Waals surface area contributed by atoms with E-state index >= 15 is 0 Å². The molecule has 4 heteroatoms. The number of hydrogen-bond acceptors (Lipinski definition) is 4. The molecule has 0 spiro atoms. The predicted octanol–water partition coefficient (Wildman–Crippen LogP) is 3.00. The Bertz CT molecular complexity index is 566. The average Bonchev–Trinajstić information content (AvgIpc) is 2.44. The highest BCUT2D eigenvalue weighted by Crippen LogP contribution is 2.26. The summed E-state index contributed by atoms with van der Waals surface area (Å²) in [5.74, 6) is 0.273. The summed E-state index contributed by atoms with van der Waals surface area (Å²) >= 11 is 0. The molecule has 0 saturated carbocycles. The number of nitrogen functional groups attached to an aromatic ring is 1. The molecule has 20 heavy (non-hydrogen) atoms. The fourth-order valence-electron chi connectivity index (χ4n) is 1.97. The zero-order valence-corrected chi connectivity index (χ0v) is 11.6. The number of benzene rings is 2. The molecule has 0 aromatic heterocycles. The van der Waals surface area contributed by atoms with Crippen molar-refractivity contribution in [3.05, 3.63) is 48.0 Å². The first kappa shape index (κ1) is 14.2. The third-order valence-electron chi connectivity index (χ3n) is 3.29. The molecule has 0 radical (unpaired) electrons. The molecule has 2 aromatic rings. The monoisotopic (exact) mass is 271 g/mol. The van der Waals surface area contributed by atoms with Gasteiger partial charge in [0.05, 0.1) is 0 Å². The maximum Gasteiger partial charge on any atom is 0.120 e. The summed E-state index contributed by atoms with van der Waals surface area (Å²) in [6.07, 6.45) is 1.58. The molecule has 1 unspecified atom stereocenters. The summed E-state index contributed by atoms with van der Waals surface area (Å²) < 4.78 is 0. The molecule has 0 amide bonds. The second kappa shape index (κ2) is 6.30. The Morgan fingerprint density at radius 1 is 1.10 bits per heavy atom. The molecule has 4 nitrogen and oxygen atoms in total. The molecule has 106 valence electrons. The van der Waals surface area contributed by atoms with Crippen molar-refractivity contribution < 1.29 is 5.11 Å². The lowest BCUT2D eigenvalue weighted by atomic mass is 10.0. The van der Waals surface area contributed by atoms with Crippen molar-refractivity contribution in [1.82, 2.24) is 0 Å². The van der Waals surface area contributed by atoms with Crippen molar-refractivity contribution in [3.8, 4) is 5.75 Å². The Morgan fingerprint density at radius 2 is 1.75 bits per heavy atom. The van der Waals surface area contributed by atoms with Crippen molar-refractivity contribution in [2.75, 3.05) is 11.1 Å². The summed E-state index contributed by atoms with van der Waals surface area (Å²) in [5.41, 5.74) is 14.9. The Labute approximate surface area is 119 Å². The van der Waals surface area contributed by atoms with Gasteiger partial charge in [-0.15, -0.1) is 0 Å². The highest BCUT2D eigenvalue weighted by molar-refractivity contribution is 5.63. The number of anilines is 3. The number of phenolic OH excluding ortho intramolecular Hbond substituents is 1. The van der Waals surface area contributed by atoms with Crippen molar-refractivity contribution in [3.63, 3.8) is 0 Å². The smallest absolute Gasteiger partial charge is 0.120 e. The lowest BCUT2D eigenvalue weighted by Gasteiger charge is -2.12. The third kappa shape index (κ3) is 3.65. The van der Waals surface area contributed by atoms with Gasteiger partial charge in [0.1, 0.15) is 5.75 Å². The molecule has 6 N–H and O–H groups in total. The molecule has 2 rings (SSSR count). The van der Waals surface area contributed by atoms with Gasteiger partial charge in [-0.2, -0.15) is 0 Å². The van der Waals surface area contributed by atoms with Gasteiger partial charge in [-0.3, -0.25) is 0 Å². The minimum absolute atomic E-state index is 0.0804. The van der Waals surface area contributed by atoms with Gasteiger partial charge >= 0.3 is 0 Å². The molecule has 0 fully saturated rings. The zero-order chi connectivity index (χ0) is 14.5. The lowest BCUT2D eigenvalue weighted by molar-refractivity contribution is 0.464. The summed E-state index contributed by atoms with van der Waals surface area (Å²) in [6, 6.07) is 13.1. The van der Waals surface area contributed by atoms with Crippen molar-refractivity contribution in [2.24, 2.45) is 5.73 Å². The Hall–Kier alpha value is -2.20. The van der Waals surface area contributed by atoms with Gasteiger partial charge in [-0.1, -0.05) is 13.0 Å². The second-order valence-corrected chi connectivity index (χ2v) is 4.96. The van der Waals surface area contributed by atoms with E-state index in [0.717, 1.165) is 29.0 Å². The van der Waals surface area contributed by atoms with E-state index in [-0.39, 0.29) is 11.8 Å². The lowest BCUT2D eigenvalue weighted by Crippen LogP contribution is -2.21. The summed E-state index contributed by atoms with van der Waals surface area (Å²) in [4.78, 5) is 0. The van der Waals surface area contributed by atoms with Crippen LogP contribution in [-0.2, 0) is 6.42 Å². The Morgan fingerprint density at radius 3 is 2.35 bits per heavy atom. The van der Waals surface area contributed by atoms with Gasteiger partial charge in [0.25, 0.3) is 0 Å². The molecule has 0 bridgehead atoms. The van der Waals surface area contributed by atoms with Crippen molar-refractivity contribution >= 4 is 17.1 Å². The summed E-state index contributed by atoms with van der Waals surface area (Å²) in [5, 5.41) is 13.3. The maximum absolute atomic E-state index is 10.0. The van der Waals surface area contributed by atoms with Crippen LogP contribution in [0, 0.1) is 0 Å². The molecular formula is C16H21N3O. The Kier molecular flexibility index (Phi) is 4.48. The van der Waals surface area contributed by atoms with E-state index in [4.69, 9.17) is 11.5 Å². The minimum atomic E-state index is 0.0804. The number of aromatic hydroxyl groups is 1. The van der Waals surface area contributed by atoms with Crippen molar-refractivity contribution in [1.29, 1.82) is 0 Å². The van der Waals surface area contributed by atoms with E-state index in [9.17, 15) is 5.11 Å². The number of phenols is 1. The number of rotatable bonds is 5. The molecule has 0 aliphatic rings. The largest absolute Gasteiger partial charge is 0.508 e. The van der Waals surface area contributed by atoms with Gasteiger partial charge in [0, 0.05) is 29.2 Å². The van der Waals surface area contributed by atoms with Crippen LogP contribution in [0.2, 0.25) is 0 Å². The van der Waals surface area contributed by atoms with Crippen LogP contribution in [0.25, 0.3) is 0 Å². The molecule has 0 aliphatic carbocycles. The van der Waals surface area contributed by atoms with E-state index in [1.54, 1.807) is 6.07 Å². The summed E-state index contributed by atoms with van der Waals surface area (Å²) in [6.45, 7) is 2.04. The van der Waals surface area contributed by atoms with Crippen LogP contribution in [0.1, 0.15) is 18.9 Å². The van der Waals surface area contributed by atoms with Crippen LogP contribution in [0.15, 0.2) is 42.5 Å². The first-order valence-electron chi connectivity index (χ1n) is 6.78. The van der Waals surface area contributed by atoms with Crippen LogP contribution >= 0.6 is 0 Å². The van der Waals surface area contributed by atoms with E-state index in [2.05, 4.69) is 5.32 Å². The predicted molar refractivity (Wildman–Crippen MR) is 84.2 cm³/mol. The standard InChI is InChI=1S/C16H21N3O/c1-2-12(17)9-11-3-6-15(10-16(11)20)19-14-7-4-13(18)5-8-14/h3-8,10,12,19-20H,2,9,17-18H2,1H3. The Balaban J connectivity index is 2.10. The molecule has 0 aliphatic heterocycles. The molecule has 2 aromatic carbocycles. The van der Waals surface area contributed by atoms with Crippen LogP contribution in [-0.4, -0.2) is 11.1 Å². The van der Waals surface area contributed by atoms with Crippen LogP contribution in [0.4, 0.5) is 17.1 Å². The van der Waals surface area contributed by atoms with Gasteiger partial charge in [-0.25, -0.2) is 0 Å². The van der Waals surface area contributed by atoms with Gasteiger partial charge in [0.2, 0.25) is 0 Å². The summed E-state index contributed by atoms with van der Waals surface area (Å²) in [7, 11) is 0. The van der Waals surface area contributed by atoms with Crippen molar-refractivity contribution in [2.45, 2.75) is 25.8 Å². The normalized spacial score (nSPS) is 12.1. The molecular weight excluding hydrogens is 250 g/mol. The molecule has 1 atom stereocenters. The highest BCUT2D eigenvalue weighted by Gasteiger charge is 2.07. The quantitative estimate of drug-likeness (QED) is 0.630. The average molecular weight is 271 g/mol. The fraction of sp³-hybridized carbons (Fsp3) is 0.250. The second-order valence-electron chi connectivity index (χ2n) is 4.96. The maximum atomic E-state index is 10.0. The zero-order valence-electron chi connectivity index (χ0n) is 11.6. The highest BCUT2D eigenvalue weighted by atomic mass is 16.3. The van der Waals surface area contributed by atoms with Crippen LogP contribution in [0.3, 0.4) is 0 Å². The third-order valence-corrected chi connectivity index (χ3v) is 3.29. The van der Waals surface area contributed by atoms with Gasteiger partial charge < -0.3 is 21.9 Å². The first-order chi connectivity index (χ1) is 9.58. The molecule has 0 saturated heterocycles. The van der Waals surface area contributed by atoms with E-state index in [1.165, 1.54) is 0 Å².